The van der Waals surface area contributed by atoms with Gasteiger partial charge in [0.1, 0.15) is 5.75 Å². The molecular weight excluding hydrogens is 236 g/mol. The quantitative estimate of drug-likeness (QED) is 0.852. The highest BCUT2D eigenvalue weighted by atomic mass is 16.5. The number of hydrogen-bond acceptors (Lipinski definition) is 3. The zero-order valence-electron chi connectivity index (χ0n) is 11.9. The van der Waals surface area contributed by atoms with Crippen LogP contribution in [0, 0.1) is 13.8 Å². The predicted molar refractivity (Wildman–Crippen MR) is 81.4 cm³/mol. The molecule has 0 radical (unpaired) electrons. The first-order valence-corrected chi connectivity index (χ1v) is 6.27. The Kier molecular flexibility index (Phi) is 3.65. The van der Waals surface area contributed by atoms with Crippen molar-refractivity contribution in [2.75, 3.05) is 24.8 Å². The molecule has 0 amide bonds. The number of nitrogens with two attached hydrogens (primary N) is 1. The van der Waals surface area contributed by atoms with Crippen LogP contribution in [0.15, 0.2) is 36.4 Å². The lowest BCUT2D eigenvalue weighted by atomic mass is 10.1. The average molecular weight is 256 g/mol. The summed E-state index contributed by atoms with van der Waals surface area (Å²) in [6.45, 7) is 4.15. The molecule has 0 saturated carbocycles. The fourth-order valence-electron chi connectivity index (χ4n) is 2.28. The second kappa shape index (κ2) is 5.22. The number of anilines is 3. The van der Waals surface area contributed by atoms with Gasteiger partial charge in [-0.2, -0.15) is 0 Å². The normalized spacial score (nSPS) is 10.3. The Hall–Kier alpha value is -2.16. The van der Waals surface area contributed by atoms with Crippen molar-refractivity contribution in [3.63, 3.8) is 0 Å². The zero-order chi connectivity index (χ0) is 14.0. The molecule has 0 aliphatic rings. The molecule has 0 spiro atoms. The number of aryl methyl sites for hydroxylation is 2. The predicted octanol–water partition coefficient (Wildman–Crippen LogP) is 3.66. The van der Waals surface area contributed by atoms with Crippen molar-refractivity contribution in [2.45, 2.75) is 13.8 Å². The Morgan fingerprint density at radius 2 is 1.68 bits per heavy atom. The molecular formula is C16H20N2O. The van der Waals surface area contributed by atoms with E-state index in [-0.39, 0.29) is 0 Å². The molecule has 0 fully saturated rings. The molecule has 100 valence electrons. The SMILES string of the molecule is COc1c(C)cc(C)cc1N(C)c1ccc(N)cc1. The third-order valence-corrected chi connectivity index (χ3v) is 3.25. The molecule has 2 aromatic rings. The van der Waals surface area contributed by atoms with Crippen molar-refractivity contribution in [1.29, 1.82) is 0 Å². The molecule has 0 aliphatic heterocycles. The summed E-state index contributed by atoms with van der Waals surface area (Å²) in [5, 5.41) is 0. The minimum Gasteiger partial charge on any atom is -0.494 e. The van der Waals surface area contributed by atoms with Crippen LogP contribution >= 0.6 is 0 Å². The van der Waals surface area contributed by atoms with Crippen molar-refractivity contribution >= 4 is 17.1 Å². The summed E-state index contributed by atoms with van der Waals surface area (Å²) in [5.74, 6) is 0.907. The van der Waals surface area contributed by atoms with Gasteiger partial charge < -0.3 is 15.4 Å². The Bertz CT molecular complexity index is 576. The van der Waals surface area contributed by atoms with Crippen LogP contribution in [0.1, 0.15) is 11.1 Å². The lowest BCUT2D eigenvalue weighted by Crippen LogP contribution is -2.11. The van der Waals surface area contributed by atoms with Crippen LogP contribution in [0.5, 0.6) is 5.75 Å². The maximum Gasteiger partial charge on any atom is 0.145 e. The van der Waals surface area contributed by atoms with E-state index in [2.05, 4.69) is 30.9 Å². The van der Waals surface area contributed by atoms with Gasteiger partial charge in [-0.3, -0.25) is 0 Å². The second-order valence-electron chi connectivity index (χ2n) is 4.78. The Morgan fingerprint density at radius 3 is 2.26 bits per heavy atom. The van der Waals surface area contributed by atoms with Gasteiger partial charge in [0.05, 0.1) is 12.8 Å². The zero-order valence-corrected chi connectivity index (χ0v) is 11.9. The Balaban J connectivity index is 2.48. The number of ether oxygens (including phenoxy) is 1. The highest BCUT2D eigenvalue weighted by Crippen LogP contribution is 2.36. The van der Waals surface area contributed by atoms with E-state index in [1.165, 1.54) is 5.56 Å². The first-order chi connectivity index (χ1) is 9.02. The summed E-state index contributed by atoms with van der Waals surface area (Å²) in [4.78, 5) is 2.11. The van der Waals surface area contributed by atoms with Gasteiger partial charge in [-0.15, -0.1) is 0 Å². The van der Waals surface area contributed by atoms with Crippen molar-refractivity contribution in [2.24, 2.45) is 0 Å². The lowest BCUT2D eigenvalue weighted by Gasteiger charge is -2.23. The van der Waals surface area contributed by atoms with Crippen molar-refractivity contribution in [3.8, 4) is 5.75 Å². The number of rotatable bonds is 3. The summed E-state index contributed by atoms with van der Waals surface area (Å²) in [7, 11) is 3.74. The Labute approximate surface area is 114 Å². The largest absolute Gasteiger partial charge is 0.494 e. The maximum absolute atomic E-state index is 5.73. The van der Waals surface area contributed by atoms with E-state index in [9.17, 15) is 0 Å². The van der Waals surface area contributed by atoms with Gasteiger partial charge >= 0.3 is 0 Å². The molecule has 0 atom stereocenters. The molecule has 2 N–H and O–H groups in total. The van der Waals surface area contributed by atoms with Gasteiger partial charge in [0.2, 0.25) is 0 Å². The first-order valence-electron chi connectivity index (χ1n) is 6.27. The van der Waals surface area contributed by atoms with Crippen molar-refractivity contribution in [1.82, 2.24) is 0 Å². The molecule has 0 heterocycles. The van der Waals surface area contributed by atoms with Gasteiger partial charge in [0.25, 0.3) is 0 Å². The number of methoxy groups -OCH3 is 1. The van der Waals surface area contributed by atoms with Gasteiger partial charge in [-0.25, -0.2) is 0 Å². The van der Waals surface area contributed by atoms with Crippen LogP contribution < -0.4 is 15.4 Å². The van der Waals surface area contributed by atoms with E-state index in [1.807, 2.05) is 31.3 Å². The maximum atomic E-state index is 5.73. The summed E-state index contributed by atoms with van der Waals surface area (Å²) in [6.07, 6.45) is 0. The summed E-state index contributed by atoms with van der Waals surface area (Å²) in [5.41, 5.74) is 11.0. The van der Waals surface area contributed by atoms with Crippen LogP contribution in [0.2, 0.25) is 0 Å². The topological polar surface area (TPSA) is 38.5 Å². The highest BCUT2D eigenvalue weighted by Gasteiger charge is 2.13. The molecule has 0 bridgehead atoms. The van der Waals surface area contributed by atoms with Gasteiger partial charge in [0.15, 0.2) is 0 Å². The summed E-state index contributed by atoms with van der Waals surface area (Å²) in [6, 6.07) is 12.1. The average Bonchev–Trinajstić information content (AvgIpc) is 2.38. The highest BCUT2D eigenvalue weighted by molar-refractivity contribution is 5.72. The van der Waals surface area contributed by atoms with Crippen LogP contribution in [-0.4, -0.2) is 14.2 Å². The van der Waals surface area contributed by atoms with Crippen LogP contribution in [0.3, 0.4) is 0 Å². The van der Waals surface area contributed by atoms with E-state index >= 15 is 0 Å². The number of hydrogen-bond donors (Lipinski definition) is 1. The van der Waals surface area contributed by atoms with E-state index in [1.54, 1.807) is 7.11 Å². The molecule has 0 aliphatic carbocycles. The summed E-state index contributed by atoms with van der Waals surface area (Å²) >= 11 is 0. The molecule has 2 aromatic carbocycles. The smallest absolute Gasteiger partial charge is 0.145 e. The minimum atomic E-state index is 0.768. The first kappa shape index (κ1) is 13.3. The number of nitrogen functional groups attached to an aromatic ring is 1. The molecule has 2 rings (SSSR count). The minimum absolute atomic E-state index is 0.768. The fourth-order valence-corrected chi connectivity index (χ4v) is 2.28. The number of benzene rings is 2. The van der Waals surface area contributed by atoms with Gasteiger partial charge in [-0.1, -0.05) is 6.07 Å². The molecule has 3 heteroatoms. The van der Waals surface area contributed by atoms with Crippen LogP contribution in [0.25, 0.3) is 0 Å². The fraction of sp³-hybridized carbons (Fsp3) is 0.250. The summed E-state index contributed by atoms with van der Waals surface area (Å²) < 4.78 is 5.53. The Morgan fingerprint density at radius 1 is 1.05 bits per heavy atom. The number of nitrogens with zero attached hydrogens (tertiary/aromatic N) is 1. The van der Waals surface area contributed by atoms with Crippen LogP contribution in [-0.2, 0) is 0 Å². The molecule has 0 saturated heterocycles. The van der Waals surface area contributed by atoms with Crippen molar-refractivity contribution in [3.05, 3.63) is 47.5 Å². The van der Waals surface area contributed by atoms with Gasteiger partial charge in [-0.05, 0) is 55.3 Å². The third kappa shape index (κ3) is 2.65. The molecule has 19 heavy (non-hydrogen) atoms. The third-order valence-electron chi connectivity index (χ3n) is 3.25. The van der Waals surface area contributed by atoms with E-state index in [0.717, 1.165) is 28.4 Å². The molecule has 0 unspecified atom stereocenters. The van der Waals surface area contributed by atoms with E-state index in [4.69, 9.17) is 10.5 Å². The standard InChI is InChI=1S/C16H20N2O/c1-11-9-12(2)16(19-4)15(10-11)18(3)14-7-5-13(17)6-8-14/h5-10H,17H2,1-4H3. The monoisotopic (exact) mass is 256 g/mol. The van der Waals surface area contributed by atoms with Crippen LogP contribution in [0.4, 0.5) is 17.1 Å². The second-order valence-corrected chi connectivity index (χ2v) is 4.78. The van der Waals surface area contributed by atoms with Gasteiger partial charge in [0, 0.05) is 18.4 Å². The molecule has 0 aromatic heterocycles. The van der Waals surface area contributed by atoms with Crippen molar-refractivity contribution < 1.29 is 4.74 Å². The molecule has 3 nitrogen and oxygen atoms in total. The lowest BCUT2D eigenvalue weighted by molar-refractivity contribution is 0.412. The van der Waals surface area contributed by atoms with E-state index in [0.29, 0.717) is 0 Å². The van der Waals surface area contributed by atoms with E-state index < -0.39 is 0 Å².